The molecule has 0 spiro atoms. The summed E-state index contributed by atoms with van der Waals surface area (Å²) in [5.74, 6) is -0.0883. The van der Waals surface area contributed by atoms with Crippen molar-refractivity contribution < 1.29 is 4.79 Å². The van der Waals surface area contributed by atoms with Crippen molar-refractivity contribution in [1.82, 2.24) is 5.43 Å². The van der Waals surface area contributed by atoms with E-state index in [2.05, 4.69) is 16.6 Å². The van der Waals surface area contributed by atoms with Crippen molar-refractivity contribution in [3.8, 4) is 0 Å². The quantitative estimate of drug-likeness (QED) is 0.679. The van der Waals surface area contributed by atoms with Gasteiger partial charge in [-0.2, -0.15) is 5.10 Å². The van der Waals surface area contributed by atoms with E-state index in [1.165, 1.54) is 0 Å². The molecule has 2 rings (SSSR count). The Kier molecular flexibility index (Phi) is 4.69. The van der Waals surface area contributed by atoms with Gasteiger partial charge in [0.2, 0.25) is 5.91 Å². The van der Waals surface area contributed by atoms with Gasteiger partial charge in [-0.1, -0.05) is 29.8 Å². The summed E-state index contributed by atoms with van der Waals surface area (Å²) in [6.07, 6.45) is 0.356. The van der Waals surface area contributed by atoms with E-state index in [4.69, 9.17) is 0 Å². The summed E-state index contributed by atoms with van der Waals surface area (Å²) in [7, 11) is 0. The van der Waals surface area contributed by atoms with Crippen LogP contribution in [0.4, 0.5) is 0 Å². The van der Waals surface area contributed by atoms with Crippen molar-refractivity contribution in [2.24, 2.45) is 5.10 Å². The van der Waals surface area contributed by atoms with E-state index in [9.17, 15) is 4.79 Å². The third-order valence-electron chi connectivity index (χ3n) is 3.08. The van der Waals surface area contributed by atoms with Crippen LogP contribution in [0.1, 0.15) is 28.5 Å². The molecule has 0 aliphatic heterocycles. The van der Waals surface area contributed by atoms with Crippen molar-refractivity contribution in [2.75, 3.05) is 0 Å². The zero-order valence-corrected chi connectivity index (χ0v) is 12.8. The third-order valence-corrected chi connectivity index (χ3v) is 4.06. The minimum absolute atomic E-state index is 0.0883. The van der Waals surface area contributed by atoms with E-state index in [0.29, 0.717) is 6.42 Å². The maximum atomic E-state index is 11.9. The fourth-order valence-corrected chi connectivity index (χ4v) is 2.57. The fraction of sp³-hybridized carbons (Fsp3) is 0.250. The van der Waals surface area contributed by atoms with Crippen LogP contribution in [0.3, 0.4) is 0 Å². The first kappa shape index (κ1) is 14.5. The first-order valence-electron chi connectivity index (χ1n) is 6.49. The van der Waals surface area contributed by atoms with Gasteiger partial charge in [-0.15, -0.1) is 11.3 Å². The van der Waals surface area contributed by atoms with Crippen LogP contribution in [0.15, 0.2) is 40.8 Å². The fourth-order valence-electron chi connectivity index (χ4n) is 1.89. The van der Waals surface area contributed by atoms with Gasteiger partial charge in [-0.3, -0.25) is 4.79 Å². The van der Waals surface area contributed by atoms with E-state index in [0.717, 1.165) is 27.3 Å². The lowest BCUT2D eigenvalue weighted by atomic mass is 10.0. The average molecular weight is 286 g/mol. The molecule has 104 valence electrons. The van der Waals surface area contributed by atoms with Crippen molar-refractivity contribution in [2.45, 2.75) is 27.2 Å². The van der Waals surface area contributed by atoms with Crippen LogP contribution in [0.2, 0.25) is 0 Å². The highest BCUT2D eigenvalue weighted by atomic mass is 32.1. The Morgan fingerprint density at radius 1 is 1.30 bits per heavy atom. The van der Waals surface area contributed by atoms with Gasteiger partial charge in [0.05, 0.1) is 12.1 Å². The number of carbonyl (C=O) groups is 1. The molecule has 0 aliphatic carbocycles. The molecule has 0 unspecified atom stereocenters. The Labute approximate surface area is 123 Å². The number of thiophene rings is 1. The molecule has 1 aromatic heterocycles. The van der Waals surface area contributed by atoms with Crippen molar-refractivity contribution in [3.05, 3.63) is 57.3 Å². The van der Waals surface area contributed by atoms with Gasteiger partial charge in [0.15, 0.2) is 0 Å². The van der Waals surface area contributed by atoms with Crippen LogP contribution in [-0.2, 0) is 11.2 Å². The molecule has 0 atom stereocenters. The van der Waals surface area contributed by atoms with Crippen LogP contribution in [0.5, 0.6) is 0 Å². The Balaban J connectivity index is 1.99. The molecule has 0 fully saturated rings. The van der Waals surface area contributed by atoms with E-state index in [1.807, 2.05) is 50.4 Å². The summed E-state index contributed by atoms with van der Waals surface area (Å²) >= 11 is 1.61. The molecule has 0 aliphatic rings. The van der Waals surface area contributed by atoms with Gasteiger partial charge >= 0.3 is 0 Å². The molecular weight excluding hydrogens is 268 g/mol. The summed E-state index contributed by atoms with van der Waals surface area (Å²) in [6, 6.07) is 10.1. The topological polar surface area (TPSA) is 41.5 Å². The van der Waals surface area contributed by atoms with E-state index in [1.54, 1.807) is 11.3 Å². The van der Waals surface area contributed by atoms with Crippen LogP contribution >= 0.6 is 11.3 Å². The molecule has 1 N–H and O–H groups in total. The van der Waals surface area contributed by atoms with E-state index in [-0.39, 0.29) is 5.91 Å². The molecule has 0 radical (unpaired) electrons. The minimum atomic E-state index is -0.0883. The molecule has 2 aromatic rings. The first-order chi connectivity index (χ1) is 9.56. The lowest BCUT2D eigenvalue weighted by Gasteiger charge is -2.06. The van der Waals surface area contributed by atoms with Crippen molar-refractivity contribution in [3.63, 3.8) is 0 Å². The first-order valence-corrected chi connectivity index (χ1v) is 7.37. The maximum Gasteiger partial charge on any atom is 0.244 e. The predicted molar refractivity (Wildman–Crippen MR) is 84.3 cm³/mol. The van der Waals surface area contributed by atoms with Crippen molar-refractivity contribution in [1.29, 1.82) is 0 Å². The number of nitrogens with zero attached hydrogens (tertiary/aromatic N) is 1. The summed E-state index contributed by atoms with van der Waals surface area (Å²) in [5.41, 5.74) is 6.79. The van der Waals surface area contributed by atoms with Gasteiger partial charge < -0.3 is 0 Å². The van der Waals surface area contributed by atoms with Gasteiger partial charge in [-0.05, 0) is 43.3 Å². The second-order valence-electron chi connectivity index (χ2n) is 4.82. The number of hydrogen-bond acceptors (Lipinski definition) is 3. The van der Waals surface area contributed by atoms with Gasteiger partial charge in [0, 0.05) is 4.88 Å². The zero-order valence-electron chi connectivity index (χ0n) is 11.9. The monoisotopic (exact) mass is 286 g/mol. The summed E-state index contributed by atoms with van der Waals surface area (Å²) in [6.45, 7) is 5.94. The maximum absolute atomic E-state index is 11.9. The highest BCUT2D eigenvalue weighted by Crippen LogP contribution is 2.12. The molecule has 1 heterocycles. The van der Waals surface area contributed by atoms with Crippen LogP contribution in [0, 0.1) is 13.8 Å². The smallest absolute Gasteiger partial charge is 0.244 e. The molecular formula is C16H18N2OS. The standard InChI is InChI=1S/C16H18N2OS/c1-11-6-7-12(2)14(9-11)10-16(19)18-17-13(3)15-5-4-8-20-15/h4-9H,10H2,1-3H3,(H,18,19)/b17-13-. The summed E-state index contributed by atoms with van der Waals surface area (Å²) in [4.78, 5) is 13.0. The molecule has 0 saturated carbocycles. The highest BCUT2D eigenvalue weighted by Gasteiger charge is 2.06. The normalized spacial score (nSPS) is 11.4. The Hall–Kier alpha value is -1.94. The SMILES string of the molecule is C/C(=N/NC(=O)Cc1cc(C)ccc1C)c1cccs1. The molecule has 3 nitrogen and oxygen atoms in total. The number of amides is 1. The molecule has 1 amide bonds. The summed E-state index contributed by atoms with van der Waals surface area (Å²) < 4.78 is 0. The summed E-state index contributed by atoms with van der Waals surface area (Å²) in [5, 5.41) is 6.13. The van der Waals surface area contributed by atoms with E-state index >= 15 is 0 Å². The minimum Gasteiger partial charge on any atom is -0.273 e. The second-order valence-corrected chi connectivity index (χ2v) is 5.76. The van der Waals surface area contributed by atoms with E-state index < -0.39 is 0 Å². The highest BCUT2D eigenvalue weighted by molar-refractivity contribution is 7.12. The largest absolute Gasteiger partial charge is 0.273 e. The Bertz CT molecular complexity index is 630. The zero-order chi connectivity index (χ0) is 14.5. The number of rotatable bonds is 4. The number of benzene rings is 1. The van der Waals surface area contributed by atoms with Crippen LogP contribution in [0.25, 0.3) is 0 Å². The third kappa shape index (κ3) is 3.78. The van der Waals surface area contributed by atoms with Gasteiger partial charge in [0.25, 0.3) is 0 Å². The number of nitrogens with one attached hydrogen (secondary N) is 1. The van der Waals surface area contributed by atoms with Crippen LogP contribution < -0.4 is 5.43 Å². The number of hydrogen-bond donors (Lipinski definition) is 1. The lowest BCUT2D eigenvalue weighted by molar-refractivity contribution is -0.120. The molecule has 1 aromatic carbocycles. The van der Waals surface area contributed by atoms with Gasteiger partial charge in [-0.25, -0.2) is 5.43 Å². The lowest BCUT2D eigenvalue weighted by Crippen LogP contribution is -2.21. The number of carbonyl (C=O) groups excluding carboxylic acids is 1. The second kappa shape index (κ2) is 6.48. The van der Waals surface area contributed by atoms with Crippen molar-refractivity contribution >= 4 is 23.0 Å². The molecule has 0 bridgehead atoms. The van der Waals surface area contributed by atoms with Gasteiger partial charge in [0.1, 0.15) is 0 Å². The number of hydrazone groups is 1. The molecule has 4 heteroatoms. The number of aryl methyl sites for hydroxylation is 2. The predicted octanol–water partition coefficient (Wildman–Crippen LogP) is 3.45. The average Bonchev–Trinajstić information content (AvgIpc) is 2.94. The Morgan fingerprint density at radius 2 is 2.10 bits per heavy atom. The Morgan fingerprint density at radius 3 is 2.80 bits per heavy atom. The molecule has 0 saturated heterocycles. The van der Waals surface area contributed by atoms with Crippen LogP contribution in [-0.4, -0.2) is 11.6 Å². The molecule has 20 heavy (non-hydrogen) atoms.